The predicted octanol–water partition coefficient (Wildman–Crippen LogP) is -0.0772. The summed E-state index contributed by atoms with van der Waals surface area (Å²) >= 11 is 0. The van der Waals surface area contributed by atoms with Gasteiger partial charge in [0.05, 0.1) is 5.92 Å². The van der Waals surface area contributed by atoms with E-state index in [0.29, 0.717) is 12.4 Å². The minimum atomic E-state index is -0.333. The highest BCUT2D eigenvalue weighted by Crippen LogP contribution is 2.24. The van der Waals surface area contributed by atoms with Crippen LogP contribution in [0.25, 0.3) is 0 Å². The molecule has 2 aliphatic heterocycles. The van der Waals surface area contributed by atoms with Crippen molar-refractivity contribution in [2.24, 2.45) is 20.0 Å². The first-order chi connectivity index (χ1) is 11.0. The van der Waals surface area contributed by atoms with Crippen LogP contribution in [0.3, 0.4) is 0 Å². The molecule has 3 rings (SSSR count). The monoisotopic (exact) mass is 320 g/mol. The molecule has 7 nitrogen and oxygen atoms in total. The van der Waals surface area contributed by atoms with Crippen LogP contribution in [0.4, 0.5) is 5.82 Å². The van der Waals surface area contributed by atoms with Crippen molar-refractivity contribution in [2.45, 2.75) is 25.7 Å². The largest absolute Gasteiger partial charge is 0.357 e. The molecule has 7 heteroatoms. The highest BCUT2D eigenvalue weighted by atomic mass is 16.2. The van der Waals surface area contributed by atoms with Crippen LogP contribution in [-0.2, 0) is 18.9 Å². The molecule has 0 N–H and O–H groups in total. The average molecular weight is 320 g/mol. The van der Waals surface area contributed by atoms with Gasteiger partial charge in [0.25, 0.3) is 5.56 Å². The number of anilines is 1. The summed E-state index contributed by atoms with van der Waals surface area (Å²) in [5, 5.41) is 0. The van der Waals surface area contributed by atoms with Crippen LogP contribution in [0.1, 0.15) is 25.7 Å². The van der Waals surface area contributed by atoms with Crippen molar-refractivity contribution in [1.29, 1.82) is 0 Å². The second-order valence-corrected chi connectivity index (χ2v) is 6.56. The second kappa shape index (κ2) is 6.22. The maximum Gasteiger partial charge on any atom is 0.332 e. The summed E-state index contributed by atoms with van der Waals surface area (Å²) in [4.78, 5) is 40.6. The Bertz CT molecular complexity index is 715. The van der Waals surface area contributed by atoms with E-state index in [1.165, 1.54) is 17.7 Å². The molecule has 0 bridgehead atoms. The van der Waals surface area contributed by atoms with Gasteiger partial charge in [-0.25, -0.2) is 4.79 Å². The van der Waals surface area contributed by atoms with Gasteiger partial charge < -0.3 is 9.80 Å². The second-order valence-electron chi connectivity index (χ2n) is 6.56. The fourth-order valence-corrected chi connectivity index (χ4v) is 3.61. The molecule has 23 heavy (non-hydrogen) atoms. The third kappa shape index (κ3) is 2.92. The van der Waals surface area contributed by atoms with Gasteiger partial charge in [-0.05, 0) is 25.7 Å². The maximum absolute atomic E-state index is 12.6. The van der Waals surface area contributed by atoms with Gasteiger partial charge in [0.1, 0.15) is 5.82 Å². The van der Waals surface area contributed by atoms with Crippen molar-refractivity contribution < 1.29 is 4.79 Å². The minimum Gasteiger partial charge on any atom is -0.357 e. The molecule has 0 spiro atoms. The van der Waals surface area contributed by atoms with Gasteiger partial charge in [-0.15, -0.1) is 0 Å². The Morgan fingerprint density at radius 1 is 1.04 bits per heavy atom. The summed E-state index contributed by atoms with van der Waals surface area (Å²) in [5.41, 5.74) is -0.642. The SMILES string of the molecule is Cn1c(N2CCCC(C(=O)N3CCCC3)C2)cc(=O)n(C)c1=O. The molecule has 1 aromatic rings. The first kappa shape index (κ1) is 15.8. The lowest BCUT2D eigenvalue weighted by molar-refractivity contribution is -0.134. The Balaban J connectivity index is 1.83. The molecule has 2 fully saturated rings. The van der Waals surface area contributed by atoms with E-state index in [1.807, 2.05) is 9.80 Å². The van der Waals surface area contributed by atoms with Gasteiger partial charge in [0.2, 0.25) is 5.91 Å². The quantitative estimate of drug-likeness (QED) is 0.765. The molecule has 1 aromatic heterocycles. The molecule has 3 heterocycles. The van der Waals surface area contributed by atoms with Gasteiger partial charge >= 0.3 is 5.69 Å². The van der Waals surface area contributed by atoms with Crippen molar-refractivity contribution in [3.8, 4) is 0 Å². The van der Waals surface area contributed by atoms with Crippen molar-refractivity contribution in [3.05, 3.63) is 26.9 Å². The molecule has 1 atom stereocenters. The topological polar surface area (TPSA) is 67.6 Å². The van der Waals surface area contributed by atoms with E-state index in [1.54, 1.807) is 7.05 Å². The summed E-state index contributed by atoms with van der Waals surface area (Å²) < 4.78 is 2.59. The maximum atomic E-state index is 12.6. The van der Waals surface area contributed by atoms with Crippen molar-refractivity contribution in [1.82, 2.24) is 14.0 Å². The van der Waals surface area contributed by atoms with Gasteiger partial charge in [0.15, 0.2) is 0 Å². The Kier molecular flexibility index (Phi) is 4.28. The smallest absolute Gasteiger partial charge is 0.332 e. The number of aromatic nitrogens is 2. The number of hydrogen-bond acceptors (Lipinski definition) is 4. The summed E-state index contributed by atoms with van der Waals surface area (Å²) in [6.45, 7) is 3.07. The number of rotatable bonds is 2. The van der Waals surface area contributed by atoms with Gasteiger partial charge in [-0.2, -0.15) is 0 Å². The van der Waals surface area contributed by atoms with E-state index in [2.05, 4.69) is 0 Å². The molecule has 0 aromatic carbocycles. The van der Waals surface area contributed by atoms with Crippen molar-refractivity contribution in [3.63, 3.8) is 0 Å². The number of carbonyl (C=O) groups is 1. The molecule has 1 unspecified atom stereocenters. The third-order valence-corrected chi connectivity index (χ3v) is 5.01. The molecule has 0 aliphatic carbocycles. The molecule has 126 valence electrons. The van der Waals surface area contributed by atoms with Crippen LogP contribution in [-0.4, -0.2) is 46.1 Å². The lowest BCUT2D eigenvalue weighted by Gasteiger charge is -2.35. The van der Waals surface area contributed by atoms with E-state index >= 15 is 0 Å². The summed E-state index contributed by atoms with van der Waals surface area (Å²) in [6, 6.07) is 1.49. The Labute approximate surface area is 135 Å². The van der Waals surface area contributed by atoms with Crippen LogP contribution in [0.2, 0.25) is 0 Å². The van der Waals surface area contributed by atoms with Crippen LogP contribution in [0.5, 0.6) is 0 Å². The molecule has 2 aliphatic rings. The third-order valence-electron chi connectivity index (χ3n) is 5.01. The highest BCUT2D eigenvalue weighted by molar-refractivity contribution is 5.80. The van der Waals surface area contributed by atoms with Gasteiger partial charge in [-0.1, -0.05) is 0 Å². The zero-order valence-electron chi connectivity index (χ0n) is 13.8. The zero-order valence-corrected chi connectivity index (χ0v) is 13.8. The number of likely N-dealkylation sites (tertiary alicyclic amines) is 1. The molecule has 2 saturated heterocycles. The Morgan fingerprint density at radius 2 is 1.74 bits per heavy atom. The minimum absolute atomic E-state index is 0.0407. The van der Waals surface area contributed by atoms with Crippen LogP contribution >= 0.6 is 0 Å². The lowest BCUT2D eigenvalue weighted by atomic mass is 9.96. The van der Waals surface area contributed by atoms with Gasteiger partial charge in [0, 0.05) is 46.3 Å². The Morgan fingerprint density at radius 3 is 2.43 bits per heavy atom. The summed E-state index contributed by atoms with van der Waals surface area (Å²) in [5.74, 6) is 0.791. The standard InChI is InChI=1S/C16H24N4O3/c1-17-13(10-14(21)18(2)16(17)23)20-9-5-6-12(11-20)15(22)19-7-3-4-8-19/h10,12H,3-9,11H2,1-2H3. The van der Waals surface area contributed by atoms with Crippen LogP contribution < -0.4 is 16.1 Å². The van der Waals surface area contributed by atoms with E-state index in [0.717, 1.165) is 49.9 Å². The lowest BCUT2D eigenvalue weighted by Crippen LogP contribution is -2.47. The summed E-state index contributed by atoms with van der Waals surface area (Å²) in [7, 11) is 3.15. The van der Waals surface area contributed by atoms with Crippen molar-refractivity contribution >= 4 is 11.7 Å². The fourth-order valence-electron chi connectivity index (χ4n) is 3.61. The first-order valence-electron chi connectivity index (χ1n) is 8.30. The molecular formula is C16H24N4O3. The zero-order chi connectivity index (χ0) is 16.6. The highest BCUT2D eigenvalue weighted by Gasteiger charge is 2.31. The van der Waals surface area contributed by atoms with E-state index < -0.39 is 0 Å². The van der Waals surface area contributed by atoms with E-state index in [9.17, 15) is 14.4 Å². The van der Waals surface area contributed by atoms with Crippen molar-refractivity contribution in [2.75, 3.05) is 31.1 Å². The first-order valence-corrected chi connectivity index (χ1v) is 8.30. The predicted molar refractivity (Wildman–Crippen MR) is 87.7 cm³/mol. The number of carbonyl (C=O) groups excluding carboxylic acids is 1. The Hall–Kier alpha value is -2.05. The summed E-state index contributed by atoms with van der Waals surface area (Å²) in [6.07, 6.45) is 3.95. The number of hydrogen-bond donors (Lipinski definition) is 0. The normalized spacial score (nSPS) is 21.7. The van der Waals surface area contributed by atoms with E-state index in [-0.39, 0.29) is 23.1 Å². The number of piperidine rings is 1. The average Bonchev–Trinajstić information content (AvgIpc) is 3.10. The van der Waals surface area contributed by atoms with Crippen LogP contribution in [0, 0.1) is 5.92 Å². The van der Waals surface area contributed by atoms with Crippen LogP contribution in [0.15, 0.2) is 15.7 Å². The molecule has 0 radical (unpaired) electrons. The number of amides is 1. The van der Waals surface area contributed by atoms with Gasteiger partial charge in [-0.3, -0.25) is 18.7 Å². The molecule has 1 amide bonds. The number of nitrogens with zero attached hydrogens (tertiary/aromatic N) is 4. The molecular weight excluding hydrogens is 296 g/mol. The fraction of sp³-hybridized carbons (Fsp3) is 0.688. The van der Waals surface area contributed by atoms with E-state index in [4.69, 9.17) is 0 Å². The molecule has 0 saturated carbocycles.